The van der Waals surface area contributed by atoms with E-state index in [2.05, 4.69) is 0 Å². The van der Waals surface area contributed by atoms with Crippen molar-refractivity contribution in [1.82, 2.24) is 0 Å². The molecule has 0 aromatic heterocycles. The molecule has 0 amide bonds. The van der Waals surface area contributed by atoms with Crippen LogP contribution in [0.4, 0.5) is 0 Å². The van der Waals surface area contributed by atoms with Gasteiger partial charge in [-0.2, -0.15) is 0 Å². The number of hydrogen-bond acceptors (Lipinski definition) is 5. The first-order chi connectivity index (χ1) is 11.9. The van der Waals surface area contributed by atoms with Crippen LogP contribution in [0.1, 0.15) is 60.8 Å². The summed E-state index contributed by atoms with van der Waals surface area (Å²) in [4.78, 5) is 25.3. The molecule has 0 aromatic rings. The van der Waals surface area contributed by atoms with Crippen LogP contribution in [0.3, 0.4) is 0 Å². The fourth-order valence-electron chi connectivity index (χ4n) is 3.16. The van der Waals surface area contributed by atoms with Crippen molar-refractivity contribution < 1.29 is 24.9 Å². The van der Waals surface area contributed by atoms with Gasteiger partial charge in [-0.05, 0) is 46.5 Å². The molecule has 0 unspecified atom stereocenters. The van der Waals surface area contributed by atoms with Crippen molar-refractivity contribution in [2.45, 2.75) is 72.5 Å². The highest BCUT2D eigenvalue weighted by atomic mass is 16.4. The Bertz CT molecular complexity index is 645. The summed E-state index contributed by atoms with van der Waals surface area (Å²) >= 11 is 0. The Morgan fingerprint density at radius 2 is 1.69 bits per heavy atom. The summed E-state index contributed by atoms with van der Waals surface area (Å²) in [5.41, 5.74) is -0.626. The van der Waals surface area contributed by atoms with Crippen molar-refractivity contribution >= 4 is 11.6 Å². The molecule has 0 saturated heterocycles. The fraction of sp³-hybridized carbons (Fsp3) is 0.619. The van der Waals surface area contributed by atoms with Gasteiger partial charge in [-0.3, -0.25) is 9.59 Å². The lowest BCUT2D eigenvalue weighted by atomic mass is 9.80. The zero-order valence-electron chi connectivity index (χ0n) is 16.7. The quantitative estimate of drug-likeness (QED) is 0.453. The van der Waals surface area contributed by atoms with Crippen molar-refractivity contribution in [3.05, 3.63) is 34.6 Å². The molecule has 1 rings (SSSR count). The van der Waals surface area contributed by atoms with Crippen molar-refractivity contribution in [2.24, 2.45) is 11.8 Å². The first-order valence-electron chi connectivity index (χ1n) is 9.11. The third-order valence-electron chi connectivity index (χ3n) is 4.60. The zero-order chi connectivity index (χ0) is 20.2. The van der Waals surface area contributed by atoms with Crippen LogP contribution in [-0.2, 0) is 9.59 Å². The largest absolute Gasteiger partial charge is 0.508 e. The van der Waals surface area contributed by atoms with Crippen molar-refractivity contribution in [3.63, 3.8) is 0 Å². The lowest BCUT2D eigenvalue weighted by Gasteiger charge is -2.33. The van der Waals surface area contributed by atoms with Gasteiger partial charge in [0.05, 0.1) is 12.0 Å². The van der Waals surface area contributed by atoms with E-state index in [-0.39, 0.29) is 30.8 Å². The number of carbonyl (C=O) groups is 2. The Balaban J connectivity index is 3.38. The summed E-state index contributed by atoms with van der Waals surface area (Å²) in [6, 6.07) is 0. The van der Waals surface area contributed by atoms with Gasteiger partial charge >= 0.3 is 0 Å². The van der Waals surface area contributed by atoms with Crippen LogP contribution in [0.25, 0.3) is 0 Å². The maximum absolute atomic E-state index is 12.9. The standard InChI is InChI=1S/C21H32O5/c1-12(2)7-9-15-19(24)18(16(22)11-14(5)6)20(25)21(15,26)17(23)10-8-13(3)4/h7-8,14-15,17,23,25-26H,9-11H2,1-6H3/t15-,17+,21-/m1/s1. The van der Waals surface area contributed by atoms with Gasteiger partial charge < -0.3 is 15.3 Å². The SMILES string of the molecule is CC(C)=CC[C@@H]1C(=O)C(C(=O)CC(C)C)=C(O)[C@]1(O)[C@@H](O)CC=C(C)C. The van der Waals surface area contributed by atoms with Gasteiger partial charge in [-0.15, -0.1) is 0 Å². The molecule has 0 aromatic carbocycles. The minimum Gasteiger partial charge on any atom is -0.508 e. The average Bonchev–Trinajstić information content (AvgIpc) is 2.69. The lowest BCUT2D eigenvalue weighted by Crippen LogP contribution is -2.49. The van der Waals surface area contributed by atoms with Gasteiger partial charge in [-0.1, -0.05) is 37.1 Å². The minimum atomic E-state index is -2.16. The van der Waals surface area contributed by atoms with E-state index in [1.807, 2.05) is 41.5 Å². The molecule has 0 fully saturated rings. The van der Waals surface area contributed by atoms with Gasteiger partial charge in [0.15, 0.2) is 17.2 Å². The maximum atomic E-state index is 12.9. The molecule has 1 aliphatic rings. The van der Waals surface area contributed by atoms with Crippen LogP contribution in [0.2, 0.25) is 0 Å². The third-order valence-corrected chi connectivity index (χ3v) is 4.60. The molecule has 0 aliphatic heterocycles. The second-order valence-corrected chi connectivity index (χ2v) is 8.04. The van der Waals surface area contributed by atoms with Crippen LogP contribution in [-0.4, -0.2) is 38.6 Å². The Labute approximate surface area is 156 Å². The van der Waals surface area contributed by atoms with E-state index in [4.69, 9.17) is 0 Å². The molecule has 5 nitrogen and oxygen atoms in total. The van der Waals surface area contributed by atoms with E-state index < -0.39 is 34.9 Å². The van der Waals surface area contributed by atoms with Crippen molar-refractivity contribution in [1.29, 1.82) is 0 Å². The molecule has 26 heavy (non-hydrogen) atoms. The molecule has 0 bridgehead atoms. The molecule has 1 aliphatic carbocycles. The lowest BCUT2D eigenvalue weighted by molar-refractivity contribution is -0.134. The summed E-state index contributed by atoms with van der Waals surface area (Å²) in [6.07, 6.45) is 2.43. The molecule has 3 N–H and O–H groups in total. The number of aliphatic hydroxyl groups excluding tert-OH is 2. The number of rotatable bonds is 8. The highest BCUT2D eigenvalue weighted by Gasteiger charge is 2.58. The predicted molar refractivity (Wildman–Crippen MR) is 102 cm³/mol. The van der Waals surface area contributed by atoms with E-state index in [0.717, 1.165) is 11.1 Å². The monoisotopic (exact) mass is 364 g/mol. The highest BCUT2D eigenvalue weighted by molar-refractivity contribution is 6.23. The van der Waals surface area contributed by atoms with Gasteiger partial charge in [0.25, 0.3) is 0 Å². The Hall–Kier alpha value is -1.72. The Morgan fingerprint density at radius 3 is 2.15 bits per heavy atom. The Kier molecular flexibility index (Phi) is 7.54. The Morgan fingerprint density at radius 1 is 1.15 bits per heavy atom. The molecule has 0 radical (unpaired) electrons. The zero-order valence-corrected chi connectivity index (χ0v) is 16.7. The molecular formula is C21H32O5. The normalized spacial score (nSPS) is 24.0. The molecule has 3 atom stereocenters. The smallest absolute Gasteiger partial charge is 0.176 e. The average molecular weight is 364 g/mol. The van der Waals surface area contributed by atoms with Gasteiger partial charge in [0.1, 0.15) is 11.3 Å². The number of allylic oxidation sites excluding steroid dienone is 4. The van der Waals surface area contributed by atoms with E-state index >= 15 is 0 Å². The van der Waals surface area contributed by atoms with Crippen LogP contribution in [0.5, 0.6) is 0 Å². The first-order valence-corrected chi connectivity index (χ1v) is 9.11. The van der Waals surface area contributed by atoms with Crippen LogP contribution in [0, 0.1) is 11.8 Å². The predicted octanol–water partition coefficient (Wildman–Crippen LogP) is 3.42. The molecular weight excluding hydrogens is 332 g/mol. The van der Waals surface area contributed by atoms with E-state index in [9.17, 15) is 24.9 Å². The topological polar surface area (TPSA) is 94.8 Å². The number of aliphatic hydroxyl groups is 3. The van der Waals surface area contributed by atoms with Gasteiger partial charge in [0, 0.05) is 6.42 Å². The summed E-state index contributed by atoms with van der Waals surface area (Å²) in [7, 11) is 0. The second kappa shape index (κ2) is 8.78. The van der Waals surface area contributed by atoms with Gasteiger partial charge in [-0.25, -0.2) is 0 Å². The highest BCUT2D eigenvalue weighted by Crippen LogP contribution is 2.43. The third kappa shape index (κ3) is 4.71. The van der Waals surface area contributed by atoms with Crippen LogP contribution < -0.4 is 0 Å². The van der Waals surface area contributed by atoms with Crippen molar-refractivity contribution in [2.75, 3.05) is 0 Å². The van der Waals surface area contributed by atoms with E-state index in [1.54, 1.807) is 12.2 Å². The number of hydrogen-bond donors (Lipinski definition) is 3. The summed E-state index contributed by atoms with van der Waals surface area (Å²) in [5.74, 6) is -2.84. The molecule has 0 spiro atoms. The van der Waals surface area contributed by atoms with Crippen LogP contribution >= 0.6 is 0 Å². The van der Waals surface area contributed by atoms with E-state index in [0.29, 0.717) is 0 Å². The molecule has 0 saturated carbocycles. The fourth-order valence-corrected chi connectivity index (χ4v) is 3.16. The first kappa shape index (κ1) is 22.3. The van der Waals surface area contributed by atoms with Crippen LogP contribution in [0.15, 0.2) is 34.6 Å². The molecule has 0 heterocycles. The van der Waals surface area contributed by atoms with E-state index in [1.165, 1.54) is 0 Å². The number of Topliss-reactive ketones (excluding diaryl/α,β-unsaturated/α-hetero) is 2. The summed E-state index contributed by atoms with van der Waals surface area (Å²) in [6.45, 7) is 11.1. The minimum absolute atomic E-state index is 0.0103. The number of ketones is 2. The maximum Gasteiger partial charge on any atom is 0.176 e. The summed E-state index contributed by atoms with van der Waals surface area (Å²) < 4.78 is 0. The van der Waals surface area contributed by atoms with Crippen molar-refractivity contribution in [3.8, 4) is 0 Å². The molecule has 5 heteroatoms. The molecule has 146 valence electrons. The summed E-state index contributed by atoms with van der Waals surface area (Å²) in [5, 5.41) is 32.4. The second-order valence-electron chi connectivity index (χ2n) is 8.04. The number of carbonyl (C=O) groups excluding carboxylic acids is 2. The van der Waals surface area contributed by atoms with Gasteiger partial charge in [0.2, 0.25) is 0 Å².